The second-order valence-electron chi connectivity index (χ2n) is 10.9. The molecule has 0 spiro atoms. The number of rotatable bonds is 12. The largest absolute Gasteiger partial charge is 0.466 e. The Labute approximate surface area is 204 Å². The fourth-order valence-corrected chi connectivity index (χ4v) is 6.68. The van der Waals surface area contributed by atoms with Crippen LogP contribution in [-0.4, -0.2) is 36.7 Å². The highest BCUT2D eigenvalue weighted by molar-refractivity contribution is 5.88. The van der Waals surface area contributed by atoms with Gasteiger partial charge in [-0.1, -0.05) is 38.5 Å². The molecule has 0 heterocycles. The van der Waals surface area contributed by atoms with Crippen LogP contribution < -0.4 is 0 Å². The van der Waals surface area contributed by atoms with Crippen LogP contribution in [0.15, 0.2) is 0 Å². The summed E-state index contributed by atoms with van der Waals surface area (Å²) in [5, 5.41) is 0. The summed E-state index contributed by atoms with van der Waals surface area (Å²) in [5.41, 5.74) is 0. The summed E-state index contributed by atoms with van der Waals surface area (Å²) in [6, 6.07) is 0. The van der Waals surface area contributed by atoms with Gasteiger partial charge in [-0.3, -0.25) is 19.2 Å². The maximum atomic E-state index is 11.3. The molecule has 6 unspecified atom stereocenters. The van der Waals surface area contributed by atoms with Crippen LogP contribution in [0.3, 0.4) is 0 Å². The minimum atomic E-state index is -0.184. The summed E-state index contributed by atoms with van der Waals surface area (Å²) in [4.78, 5) is 43.7. The summed E-state index contributed by atoms with van der Waals surface area (Å²) in [7, 11) is 0. The van der Waals surface area contributed by atoms with Gasteiger partial charge >= 0.3 is 11.9 Å². The van der Waals surface area contributed by atoms with E-state index in [-0.39, 0.29) is 11.9 Å². The highest BCUT2D eigenvalue weighted by Gasteiger charge is 2.48. The molecule has 0 aromatic rings. The summed E-state index contributed by atoms with van der Waals surface area (Å²) < 4.78 is 9.79. The molecule has 192 valence electrons. The molecule has 0 N–H and O–H groups in total. The maximum Gasteiger partial charge on any atom is 0.302 e. The molecule has 0 aliphatic heterocycles. The number of fused-ring (bicyclic) bond motifs is 2. The zero-order valence-corrected chi connectivity index (χ0v) is 21.2. The normalized spacial score (nSPS) is 30.9. The first-order valence-corrected chi connectivity index (χ1v) is 13.7. The van der Waals surface area contributed by atoms with Gasteiger partial charge in [0, 0.05) is 38.5 Å². The quantitative estimate of drug-likeness (QED) is 0.275. The lowest BCUT2D eigenvalue weighted by Crippen LogP contribution is -2.35. The van der Waals surface area contributed by atoms with E-state index in [9.17, 15) is 19.2 Å². The minimum absolute atomic E-state index is 0.184. The fourth-order valence-electron chi connectivity index (χ4n) is 6.68. The van der Waals surface area contributed by atoms with Gasteiger partial charge in [-0.25, -0.2) is 0 Å². The first-order valence-electron chi connectivity index (χ1n) is 13.7. The lowest BCUT2D eigenvalue weighted by Gasteiger charge is -2.32. The number of hydrogen-bond acceptors (Lipinski definition) is 6. The van der Waals surface area contributed by atoms with Gasteiger partial charge in [0.25, 0.3) is 0 Å². The second-order valence-corrected chi connectivity index (χ2v) is 10.9. The van der Waals surface area contributed by atoms with Gasteiger partial charge in [-0.05, 0) is 62.2 Å². The Kier molecular flexibility index (Phi) is 10.6. The van der Waals surface area contributed by atoms with E-state index in [1.165, 1.54) is 52.4 Å². The van der Waals surface area contributed by atoms with Crippen LogP contribution >= 0.6 is 0 Å². The summed E-state index contributed by atoms with van der Waals surface area (Å²) >= 11 is 0. The third-order valence-electron chi connectivity index (χ3n) is 8.69. The van der Waals surface area contributed by atoms with E-state index in [2.05, 4.69) is 0 Å². The first kappa shape index (κ1) is 26.9. The summed E-state index contributed by atoms with van der Waals surface area (Å²) in [6.07, 6.45) is 15.6. The highest BCUT2D eigenvalue weighted by atomic mass is 16.5. The summed E-state index contributed by atoms with van der Waals surface area (Å²) in [6.45, 7) is 4.02. The van der Waals surface area contributed by atoms with Crippen molar-refractivity contribution in [2.75, 3.05) is 13.2 Å². The number of esters is 2. The van der Waals surface area contributed by atoms with E-state index in [0.29, 0.717) is 36.6 Å². The van der Waals surface area contributed by atoms with Crippen LogP contribution in [0.2, 0.25) is 0 Å². The zero-order chi connectivity index (χ0) is 24.5. The average molecular weight is 477 g/mol. The molecule has 4 fully saturated rings. The Balaban J connectivity index is 0.000000191. The van der Waals surface area contributed by atoms with Crippen molar-refractivity contribution in [3.63, 3.8) is 0 Å². The Morgan fingerprint density at radius 3 is 1.38 bits per heavy atom. The van der Waals surface area contributed by atoms with Crippen molar-refractivity contribution >= 4 is 23.5 Å². The van der Waals surface area contributed by atoms with Crippen molar-refractivity contribution in [3.05, 3.63) is 0 Å². The van der Waals surface area contributed by atoms with Crippen LogP contribution in [0.5, 0.6) is 0 Å². The lowest BCUT2D eigenvalue weighted by molar-refractivity contribution is -0.142. The number of carbonyl (C=O) groups is 4. The van der Waals surface area contributed by atoms with Crippen LogP contribution in [-0.2, 0) is 28.7 Å². The van der Waals surface area contributed by atoms with Crippen molar-refractivity contribution in [2.24, 2.45) is 35.5 Å². The number of ketones is 2. The molecule has 0 aromatic heterocycles. The Morgan fingerprint density at radius 2 is 1.06 bits per heavy atom. The standard InChI is InChI=1S/2C14H22O3/c2*1-10(15)17-8-4-2-3-5-11-6-7-12-13(11)9-14(12)16/h2*11-13H,2-9H2,1H3. The minimum Gasteiger partial charge on any atom is -0.466 e. The monoisotopic (exact) mass is 476 g/mol. The molecule has 0 radical (unpaired) electrons. The Morgan fingerprint density at radius 1 is 0.647 bits per heavy atom. The molecule has 4 saturated carbocycles. The molecule has 6 atom stereocenters. The number of ether oxygens (including phenoxy) is 2. The van der Waals surface area contributed by atoms with Gasteiger partial charge in [0.2, 0.25) is 0 Å². The van der Waals surface area contributed by atoms with E-state index in [1.54, 1.807) is 0 Å². The van der Waals surface area contributed by atoms with Crippen molar-refractivity contribution in [3.8, 4) is 0 Å². The number of unbranched alkanes of at least 4 members (excludes halogenated alkanes) is 4. The van der Waals surface area contributed by atoms with Crippen molar-refractivity contribution in [1.82, 2.24) is 0 Å². The third kappa shape index (κ3) is 7.64. The van der Waals surface area contributed by atoms with Crippen molar-refractivity contribution in [2.45, 2.75) is 104 Å². The molecule has 0 aromatic carbocycles. The highest BCUT2D eigenvalue weighted by Crippen LogP contribution is 2.50. The van der Waals surface area contributed by atoms with Crippen molar-refractivity contribution in [1.29, 1.82) is 0 Å². The molecule has 4 aliphatic carbocycles. The van der Waals surface area contributed by atoms with Gasteiger partial charge in [-0.2, -0.15) is 0 Å². The van der Waals surface area contributed by atoms with E-state index in [1.807, 2.05) is 0 Å². The fraction of sp³-hybridized carbons (Fsp3) is 0.857. The maximum absolute atomic E-state index is 11.3. The molecule has 0 saturated heterocycles. The molecular weight excluding hydrogens is 432 g/mol. The first-order chi connectivity index (χ1) is 16.4. The smallest absolute Gasteiger partial charge is 0.302 e. The van der Waals surface area contributed by atoms with Crippen LogP contribution in [0, 0.1) is 35.5 Å². The van der Waals surface area contributed by atoms with Crippen LogP contribution in [0.4, 0.5) is 0 Å². The molecular formula is C28H44O6. The van der Waals surface area contributed by atoms with E-state index < -0.39 is 0 Å². The van der Waals surface area contributed by atoms with Gasteiger partial charge in [0.1, 0.15) is 11.6 Å². The Bertz CT molecular complexity index is 656. The molecule has 6 heteroatoms. The predicted octanol–water partition coefficient (Wildman–Crippen LogP) is 5.45. The third-order valence-corrected chi connectivity index (χ3v) is 8.69. The van der Waals surface area contributed by atoms with Crippen molar-refractivity contribution < 1.29 is 28.7 Å². The van der Waals surface area contributed by atoms with E-state index in [4.69, 9.17) is 9.47 Å². The van der Waals surface area contributed by atoms with Gasteiger partial charge in [0.05, 0.1) is 13.2 Å². The molecule has 4 aliphatic rings. The second kappa shape index (κ2) is 13.4. The molecule has 34 heavy (non-hydrogen) atoms. The van der Waals surface area contributed by atoms with Gasteiger partial charge < -0.3 is 9.47 Å². The summed E-state index contributed by atoms with van der Waals surface area (Å²) in [5.74, 6) is 4.54. The SMILES string of the molecule is CC(=O)OCCCCCC1CCC2C(=O)CC12.CC(=O)OCCCCCC1CCC2C(=O)CC12. The molecule has 0 amide bonds. The van der Waals surface area contributed by atoms with Crippen LogP contribution in [0.1, 0.15) is 104 Å². The van der Waals surface area contributed by atoms with Crippen LogP contribution in [0.25, 0.3) is 0 Å². The average Bonchev–Trinajstić information content (AvgIpc) is 3.29. The number of hydrogen-bond donors (Lipinski definition) is 0. The molecule has 4 rings (SSSR count). The lowest BCUT2D eigenvalue weighted by atomic mass is 9.70. The number of carbonyl (C=O) groups excluding carboxylic acids is 4. The van der Waals surface area contributed by atoms with Gasteiger partial charge in [0.15, 0.2) is 0 Å². The molecule has 0 bridgehead atoms. The molecule has 6 nitrogen and oxygen atoms in total. The zero-order valence-electron chi connectivity index (χ0n) is 21.2. The van der Waals surface area contributed by atoms with E-state index >= 15 is 0 Å². The number of Topliss-reactive ketones (excluding diaryl/α,β-unsaturated/α-hetero) is 2. The van der Waals surface area contributed by atoms with E-state index in [0.717, 1.165) is 75.0 Å². The topological polar surface area (TPSA) is 86.7 Å². The predicted molar refractivity (Wildman–Crippen MR) is 129 cm³/mol. The van der Waals surface area contributed by atoms with Gasteiger partial charge in [-0.15, -0.1) is 0 Å². The Hall–Kier alpha value is -1.72.